The van der Waals surface area contributed by atoms with Crippen LogP contribution in [0.2, 0.25) is 0 Å². The average molecular weight is 195 g/mol. The van der Waals surface area contributed by atoms with Gasteiger partial charge < -0.3 is 30.3 Å². The van der Waals surface area contributed by atoms with Gasteiger partial charge in [0.15, 0.2) is 6.29 Å². The Morgan fingerprint density at radius 2 is 2.08 bits per heavy atom. The fourth-order valence-electron chi connectivity index (χ4n) is 0.726. The number of rotatable bonds is 5. The van der Waals surface area contributed by atoms with Gasteiger partial charge in [0, 0.05) is 1.37 Å². The summed E-state index contributed by atoms with van der Waals surface area (Å²) < 4.78 is 6.87. The first-order chi connectivity index (χ1) is 6.43. The number of carbonyl (C=O) groups excluding carboxylic acids is 1. The van der Waals surface area contributed by atoms with E-state index >= 15 is 0 Å². The molecule has 0 bridgehead atoms. The normalized spacial score (nSPS) is 23.9. The Kier molecular flexibility index (Phi) is 3.76. The number of carbonyl (C=O) groups is 1. The Hall–Kier alpha value is -0.530. The van der Waals surface area contributed by atoms with E-state index in [4.69, 9.17) is 16.7 Å². The Morgan fingerprint density at radius 1 is 1.54 bits per heavy atom. The van der Waals surface area contributed by atoms with Gasteiger partial charge >= 0.3 is 0 Å². The molecule has 0 rings (SSSR count). The highest BCUT2D eigenvalue weighted by Gasteiger charge is 2.41. The summed E-state index contributed by atoms with van der Waals surface area (Å²) in [5.74, 6) is 0. The van der Waals surface area contributed by atoms with Crippen molar-refractivity contribution in [2.45, 2.75) is 30.8 Å². The van der Waals surface area contributed by atoms with Crippen molar-refractivity contribution in [3.63, 3.8) is 0 Å². The van der Waals surface area contributed by atoms with Crippen molar-refractivity contribution < 1.29 is 31.7 Å². The van der Waals surface area contributed by atoms with Crippen molar-refractivity contribution in [3.05, 3.63) is 0 Å². The summed E-state index contributed by atoms with van der Waals surface area (Å²) >= 11 is 0. The predicted molar refractivity (Wildman–Crippen MR) is 41.8 cm³/mol. The molecule has 0 aliphatic rings. The van der Waals surface area contributed by atoms with Crippen LogP contribution in [0.4, 0.5) is 0 Å². The lowest BCUT2D eigenvalue weighted by atomic mass is 9.90. The van der Waals surface area contributed by atoms with Crippen LogP contribution in [0, 0.1) is 0 Å². The molecule has 13 heavy (non-hydrogen) atoms. The van der Waals surface area contributed by atoms with Gasteiger partial charge in [-0.25, -0.2) is 0 Å². The Labute approximate surface area is 76.5 Å². The third-order valence-electron chi connectivity index (χ3n) is 1.70. The molecule has 0 saturated carbocycles. The van der Waals surface area contributed by atoms with Gasteiger partial charge in [0.05, 0.1) is 6.61 Å². The quantitative estimate of drug-likeness (QED) is 0.299. The van der Waals surface area contributed by atoms with Crippen LogP contribution in [0.15, 0.2) is 0 Å². The van der Waals surface area contributed by atoms with E-state index in [1.54, 1.807) is 0 Å². The molecule has 0 aromatic carbocycles. The Morgan fingerprint density at radius 3 is 2.38 bits per heavy atom. The van der Waals surface area contributed by atoms with E-state index in [1.807, 2.05) is 0 Å². The largest absolute Gasteiger partial charge is 0.394 e. The second kappa shape index (κ2) is 4.64. The van der Waals surface area contributed by atoms with Gasteiger partial charge in [-0.2, -0.15) is 0 Å². The fourth-order valence-corrected chi connectivity index (χ4v) is 0.726. The van der Waals surface area contributed by atoms with Gasteiger partial charge in [0.25, 0.3) is 0 Å². The van der Waals surface area contributed by atoms with Crippen molar-refractivity contribution in [1.82, 2.24) is 0 Å². The van der Waals surface area contributed by atoms with Crippen LogP contribution in [-0.2, 0) is 4.79 Å². The minimum atomic E-state index is -2.47. The predicted octanol–water partition coefficient (Wildman–Crippen LogP) is -2.99. The van der Waals surface area contributed by atoms with Gasteiger partial charge in [0.1, 0.15) is 23.9 Å². The van der Waals surface area contributed by atoms with Crippen molar-refractivity contribution in [3.8, 4) is 0 Å². The monoisotopic (exact) mass is 195 g/mol. The molecule has 0 heterocycles. The third-order valence-corrected chi connectivity index (χ3v) is 1.70. The molecule has 0 spiro atoms. The first-order valence-corrected chi connectivity index (χ1v) is 3.56. The Balaban J connectivity index is 4.74. The second-order valence-electron chi connectivity index (χ2n) is 2.77. The highest BCUT2D eigenvalue weighted by molar-refractivity contribution is 5.58. The summed E-state index contributed by atoms with van der Waals surface area (Å²) in [6.45, 7) is -1.74. The fraction of sp³-hybridized carbons (Fsp3) is 0.857. The van der Waals surface area contributed by atoms with Crippen LogP contribution >= 0.6 is 0 Å². The number of aldehydes is 1. The van der Waals surface area contributed by atoms with E-state index in [0.717, 1.165) is 0 Å². The minimum Gasteiger partial charge on any atom is -0.394 e. The molecule has 0 fully saturated rings. The average Bonchev–Trinajstić information content (AvgIpc) is 2.24. The zero-order valence-electron chi connectivity index (χ0n) is 7.87. The molecule has 5 N–H and O–H groups in total. The molecule has 0 amide bonds. The molecule has 78 valence electrons. The molecule has 0 aromatic rings. The van der Waals surface area contributed by atoms with Gasteiger partial charge in [-0.05, 0) is 6.90 Å². The molecule has 6 nitrogen and oxygen atoms in total. The lowest BCUT2D eigenvalue weighted by Gasteiger charge is -2.32. The van der Waals surface area contributed by atoms with Crippen LogP contribution in [0.25, 0.3) is 0 Å². The minimum absolute atomic E-state index is 0.0537. The van der Waals surface area contributed by atoms with E-state index in [-0.39, 0.29) is 6.29 Å². The highest BCUT2D eigenvalue weighted by Crippen LogP contribution is 2.16. The van der Waals surface area contributed by atoms with Crippen LogP contribution < -0.4 is 0 Å². The molecule has 0 saturated heterocycles. The van der Waals surface area contributed by atoms with Gasteiger partial charge in [-0.3, -0.25) is 0 Å². The van der Waals surface area contributed by atoms with Crippen LogP contribution in [-0.4, -0.2) is 62.3 Å². The van der Waals surface area contributed by atoms with Crippen molar-refractivity contribution >= 4 is 6.29 Å². The Bertz CT molecular complexity index is 189. The smallest absolute Gasteiger partial charge is 0.151 e. The molecular formula is C7H14O6. The van der Waals surface area contributed by atoms with E-state index in [9.17, 15) is 15.0 Å². The topological polar surface area (TPSA) is 118 Å². The lowest BCUT2D eigenvalue weighted by Crippen LogP contribution is -2.56. The van der Waals surface area contributed by atoms with E-state index in [1.165, 1.54) is 0 Å². The number of hydrogen-bond donors (Lipinski definition) is 5. The third kappa shape index (κ3) is 2.71. The molecule has 4 atom stereocenters. The molecule has 0 aliphatic carbocycles. The first kappa shape index (κ1) is 10.6. The first-order valence-electron chi connectivity index (χ1n) is 4.26. The van der Waals surface area contributed by atoms with Crippen LogP contribution in [0.1, 0.15) is 8.27 Å². The second-order valence-corrected chi connectivity index (χ2v) is 2.77. The number of aliphatic hydroxyl groups is 5. The van der Waals surface area contributed by atoms with Crippen LogP contribution in [0.5, 0.6) is 0 Å². The summed E-state index contributed by atoms with van der Waals surface area (Å²) in [7, 11) is 0. The zero-order chi connectivity index (χ0) is 11.4. The molecule has 0 unspecified atom stereocenters. The molecule has 0 radical (unpaired) electrons. The molecular weight excluding hydrogens is 180 g/mol. The van der Waals surface area contributed by atoms with E-state index < -0.39 is 37.4 Å². The summed E-state index contributed by atoms with van der Waals surface area (Å²) in [5, 5.41) is 45.1. The maximum atomic E-state index is 10.2. The van der Waals surface area contributed by atoms with Gasteiger partial charge in [-0.1, -0.05) is 0 Å². The number of hydrogen-bond acceptors (Lipinski definition) is 6. The standard InChI is InChI=1S/C7H14O6/c1-7(13,5(11)3-9)6(12)4(10)2-8/h3-6,8,10-13H,2H2,1H3/t4-,5-,6-,7-/m1/s1/i1D. The maximum absolute atomic E-state index is 10.2. The SMILES string of the molecule is [2H]C[C@@](O)([C@H](O)C=O)[C@H](O)[C@H](O)CO. The molecule has 6 heteroatoms. The molecule has 0 aliphatic heterocycles. The summed E-state index contributed by atoms with van der Waals surface area (Å²) in [4.78, 5) is 10.2. The summed E-state index contributed by atoms with van der Waals surface area (Å²) in [5.41, 5.74) is -2.47. The van der Waals surface area contributed by atoms with E-state index in [0.29, 0.717) is 0 Å². The summed E-state index contributed by atoms with van der Waals surface area (Å²) in [6, 6.07) is 0. The van der Waals surface area contributed by atoms with Crippen molar-refractivity contribution in [1.29, 1.82) is 0 Å². The zero-order valence-corrected chi connectivity index (χ0v) is 6.87. The maximum Gasteiger partial charge on any atom is 0.151 e. The van der Waals surface area contributed by atoms with Crippen molar-refractivity contribution in [2.75, 3.05) is 6.61 Å². The van der Waals surface area contributed by atoms with E-state index in [2.05, 4.69) is 0 Å². The number of aliphatic hydroxyl groups excluding tert-OH is 4. The lowest BCUT2D eigenvalue weighted by molar-refractivity contribution is -0.173. The summed E-state index contributed by atoms with van der Waals surface area (Å²) in [6.07, 6.45) is -5.73. The van der Waals surface area contributed by atoms with Crippen molar-refractivity contribution in [2.24, 2.45) is 0 Å². The molecule has 0 aromatic heterocycles. The van der Waals surface area contributed by atoms with Gasteiger partial charge in [-0.15, -0.1) is 0 Å². The van der Waals surface area contributed by atoms with Crippen LogP contribution in [0.3, 0.4) is 0 Å². The van der Waals surface area contributed by atoms with Gasteiger partial charge in [0.2, 0.25) is 0 Å². The highest BCUT2D eigenvalue weighted by atomic mass is 16.4.